The van der Waals surface area contributed by atoms with E-state index >= 15 is 0 Å². The summed E-state index contributed by atoms with van der Waals surface area (Å²) in [6.07, 6.45) is 0.657. The molecule has 0 bridgehead atoms. The van der Waals surface area contributed by atoms with Crippen LogP contribution in [0.15, 0.2) is 52.4 Å². The third-order valence-corrected chi connectivity index (χ3v) is 6.15. The van der Waals surface area contributed by atoms with Crippen molar-refractivity contribution in [2.75, 3.05) is 39.0 Å². The maximum Gasteiger partial charge on any atom is 0.262 e. The highest BCUT2D eigenvalue weighted by atomic mass is 32.2. The smallest absolute Gasteiger partial charge is 0.262 e. The van der Waals surface area contributed by atoms with Crippen LogP contribution in [-0.2, 0) is 16.1 Å². The van der Waals surface area contributed by atoms with Gasteiger partial charge in [0.2, 0.25) is 11.7 Å². The Labute approximate surface area is 199 Å². The maximum atomic E-state index is 13.1. The van der Waals surface area contributed by atoms with Crippen LogP contribution < -0.4 is 20.3 Å². The van der Waals surface area contributed by atoms with E-state index in [9.17, 15) is 9.59 Å². The van der Waals surface area contributed by atoms with E-state index < -0.39 is 0 Å². The second-order valence-electron chi connectivity index (χ2n) is 7.34. The summed E-state index contributed by atoms with van der Waals surface area (Å²) in [6.45, 7) is 0.967. The van der Waals surface area contributed by atoms with Crippen molar-refractivity contribution in [1.82, 2.24) is 19.2 Å². The number of carbonyl (C=O) groups is 1. The Bertz CT molecular complexity index is 1380. The summed E-state index contributed by atoms with van der Waals surface area (Å²) in [5.74, 6) is 1.39. The molecule has 11 heteroatoms. The predicted molar refractivity (Wildman–Crippen MR) is 130 cm³/mol. The number of hydrogen-bond acceptors (Lipinski definition) is 8. The predicted octanol–water partition coefficient (Wildman–Crippen LogP) is 2.83. The minimum atomic E-state index is -0.244. The molecule has 0 saturated heterocycles. The van der Waals surface area contributed by atoms with E-state index in [1.807, 2.05) is 22.6 Å². The summed E-state index contributed by atoms with van der Waals surface area (Å²) in [5, 5.41) is 12.5. The number of fused-ring (bicyclic) bond motifs is 3. The van der Waals surface area contributed by atoms with Crippen molar-refractivity contribution in [1.29, 1.82) is 0 Å². The third-order valence-electron chi connectivity index (χ3n) is 5.22. The van der Waals surface area contributed by atoms with Gasteiger partial charge in [0, 0.05) is 26.3 Å². The Morgan fingerprint density at radius 2 is 1.91 bits per heavy atom. The lowest BCUT2D eigenvalue weighted by molar-refractivity contribution is -0.113. The van der Waals surface area contributed by atoms with Crippen molar-refractivity contribution >= 4 is 40.0 Å². The second kappa shape index (κ2) is 10.6. The zero-order valence-corrected chi connectivity index (χ0v) is 19.9. The quantitative estimate of drug-likeness (QED) is 0.271. The number of nitrogens with zero attached hydrogens (tertiary/aromatic N) is 4. The topological polar surface area (TPSA) is 109 Å². The third kappa shape index (κ3) is 4.70. The number of anilines is 1. The Morgan fingerprint density at radius 1 is 1.09 bits per heavy atom. The summed E-state index contributed by atoms with van der Waals surface area (Å²) in [5.41, 5.74) is 1.06. The van der Waals surface area contributed by atoms with Crippen molar-refractivity contribution in [2.45, 2.75) is 18.1 Å². The monoisotopic (exact) mass is 483 g/mol. The molecule has 2 aromatic carbocycles. The number of benzene rings is 2. The number of amides is 1. The molecule has 4 aromatic rings. The average Bonchev–Trinajstić information content (AvgIpc) is 3.28. The number of ether oxygens (including phenoxy) is 3. The van der Waals surface area contributed by atoms with Gasteiger partial charge in [-0.2, -0.15) is 0 Å². The summed E-state index contributed by atoms with van der Waals surface area (Å²) < 4.78 is 19.1. The number of para-hydroxylation sites is 1. The van der Waals surface area contributed by atoms with Gasteiger partial charge in [-0.05, 0) is 30.7 Å². The van der Waals surface area contributed by atoms with Crippen LogP contribution in [0, 0.1) is 0 Å². The summed E-state index contributed by atoms with van der Waals surface area (Å²) >= 11 is 1.23. The number of carbonyl (C=O) groups excluding carboxylic acids is 1. The minimum absolute atomic E-state index is 0.0816. The number of hydrogen-bond donors (Lipinski definition) is 1. The highest BCUT2D eigenvalue weighted by molar-refractivity contribution is 7.99. The van der Waals surface area contributed by atoms with Crippen LogP contribution in [0.2, 0.25) is 0 Å². The van der Waals surface area contributed by atoms with E-state index in [-0.39, 0.29) is 17.2 Å². The maximum absolute atomic E-state index is 13.1. The lowest BCUT2D eigenvalue weighted by atomic mass is 10.2. The first kappa shape index (κ1) is 23.6. The first-order valence-corrected chi connectivity index (χ1v) is 11.6. The molecular formula is C23H25N5O5S. The molecule has 34 heavy (non-hydrogen) atoms. The zero-order valence-electron chi connectivity index (χ0n) is 19.1. The fourth-order valence-corrected chi connectivity index (χ4v) is 4.36. The molecule has 0 aliphatic rings. The summed E-state index contributed by atoms with van der Waals surface area (Å²) in [6, 6.07) is 12.5. The number of aryl methyl sites for hydroxylation is 1. The van der Waals surface area contributed by atoms with Gasteiger partial charge in [0.25, 0.3) is 5.56 Å². The largest absolute Gasteiger partial charge is 0.497 e. The van der Waals surface area contributed by atoms with Crippen molar-refractivity contribution in [2.24, 2.45) is 0 Å². The summed E-state index contributed by atoms with van der Waals surface area (Å²) in [4.78, 5) is 25.8. The first-order valence-electron chi connectivity index (χ1n) is 10.6. The average molecular weight is 484 g/mol. The van der Waals surface area contributed by atoms with E-state index in [1.54, 1.807) is 43.1 Å². The van der Waals surface area contributed by atoms with E-state index in [1.165, 1.54) is 18.9 Å². The molecule has 0 atom stereocenters. The van der Waals surface area contributed by atoms with E-state index in [0.29, 0.717) is 58.6 Å². The van der Waals surface area contributed by atoms with Crippen molar-refractivity contribution < 1.29 is 19.0 Å². The lowest BCUT2D eigenvalue weighted by Crippen LogP contribution is -2.24. The van der Waals surface area contributed by atoms with Crippen LogP contribution in [0.5, 0.6) is 11.5 Å². The normalized spacial score (nSPS) is 11.1. The van der Waals surface area contributed by atoms with E-state index in [0.717, 1.165) is 0 Å². The Morgan fingerprint density at radius 3 is 2.68 bits per heavy atom. The van der Waals surface area contributed by atoms with Gasteiger partial charge in [-0.3, -0.25) is 18.6 Å². The van der Waals surface area contributed by atoms with Crippen molar-refractivity contribution in [3.05, 3.63) is 52.8 Å². The fraction of sp³-hybridized carbons (Fsp3) is 0.304. The SMILES string of the molecule is COCCCn1c(=O)c2ccccc2n2c(SCC(=O)Nc3cc(OC)ccc3OC)nnc12. The van der Waals surface area contributed by atoms with Crippen molar-refractivity contribution in [3.8, 4) is 11.5 Å². The molecule has 0 aliphatic carbocycles. The minimum Gasteiger partial charge on any atom is -0.497 e. The number of aromatic nitrogens is 4. The molecule has 2 aromatic heterocycles. The number of thioether (sulfide) groups is 1. The summed E-state index contributed by atoms with van der Waals surface area (Å²) in [7, 11) is 4.71. The van der Waals surface area contributed by atoms with Gasteiger partial charge >= 0.3 is 0 Å². The molecular weight excluding hydrogens is 458 g/mol. The fourth-order valence-electron chi connectivity index (χ4n) is 3.62. The molecule has 0 fully saturated rings. The number of methoxy groups -OCH3 is 3. The molecule has 1 N–H and O–H groups in total. The molecule has 10 nitrogen and oxygen atoms in total. The Hall–Kier alpha value is -3.57. The molecule has 1 amide bonds. The van der Waals surface area contributed by atoms with Crippen LogP contribution in [0.25, 0.3) is 16.7 Å². The number of nitrogens with one attached hydrogen (secondary N) is 1. The van der Waals surface area contributed by atoms with Crippen LogP contribution in [-0.4, -0.2) is 58.8 Å². The van der Waals surface area contributed by atoms with Gasteiger partial charge < -0.3 is 19.5 Å². The molecule has 0 unspecified atom stereocenters. The zero-order chi connectivity index (χ0) is 24.1. The van der Waals surface area contributed by atoms with Gasteiger partial charge in [-0.15, -0.1) is 10.2 Å². The molecule has 0 aliphatic heterocycles. The van der Waals surface area contributed by atoms with E-state index in [4.69, 9.17) is 14.2 Å². The van der Waals surface area contributed by atoms with E-state index in [2.05, 4.69) is 15.5 Å². The second-order valence-corrected chi connectivity index (χ2v) is 8.28. The highest BCUT2D eigenvalue weighted by Gasteiger charge is 2.18. The number of rotatable bonds is 10. The van der Waals surface area contributed by atoms with Gasteiger partial charge in [0.05, 0.1) is 36.6 Å². The van der Waals surface area contributed by atoms with Crippen molar-refractivity contribution in [3.63, 3.8) is 0 Å². The molecule has 0 spiro atoms. The first-order chi connectivity index (χ1) is 16.6. The molecule has 0 saturated carbocycles. The van der Waals surface area contributed by atoms with Crippen LogP contribution in [0.4, 0.5) is 5.69 Å². The van der Waals surface area contributed by atoms with Gasteiger partial charge in [0.15, 0.2) is 5.16 Å². The molecule has 178 valence electrons. The lowest BCUT2D eigenvalue weighted by Gasteiger charge is -2.12. The molecule has 0 radical (unpaired) electrons. The van der Waals surface area contributed by atoms with Gasteiger partial charge in [0.1, 0.15) is 11.5 Å². The highest BCUT2D eigenvalue weighted by Crippen LogP contribution is 2.29. The molecule has 2 heterocycles. The van der Waals surface area contributed by atoms with Crippen LogP contribution in [0.1, 0.15) is 6.42 Å². The van der Waals surface area contributed by atoms with Gasteiger partial charge in [-0.25, -0.2) is 0 Å². The Balaban J connectivity index is 1.62. The molecule has 4 rings (SSSR count). The van der Waals surface area contributed by atoms with Crippen LogP contribution in [0.3, 0.4) is 0 Å². The van der Waals surface area contributed by atoms with Crippen LogP contribution >= 0.6 is 11.8 Å². The van der Waals surface area contributed by atoms with Gasteiger partial charge in [-0.1, -0.05) is 23.9 Å². The Kier molecular flexibility index (Phi) is 7.33. The standard InChI is InChI=1S/C23H25N5O5S/c1-31-12-6-11-27-21(30)16-7-4-5-8-18(16)28-22(27)25-26-23(28)34-14-20(29)24-17-13-15(32-2)9-10-19(17)33-3/h4-5,7-10,13H,6,11-12,14H2,1-3H3,(H,24,29).